The highest BCUT2D eigenvalue weighted by atomic mass is 127. The number of hydrogen-bond donors (Lipinski definition) is 0. The maximum absolute atomic E-state index is 12.8. The van der Waals surface area contributed by atoms with E-state index in [1.54, 1.807) is 12.1 Å². The van der Waals surface area contributed by atoms with Gasteiger partial charge in [0.05, 0.1) is 32.9 Å². The molecular weight excluding hydrogens is 617 g/mol. The van der Waals surface area contributed by atoms with Crippen molar-refractivity contribution < 1.29 is 29.0 Å². The van der Waals surface area contributed by atoms with E-state index in [4.69, 9.17) is 4.74 Å². The van der Waals surface area contributed by atoms with Gasteiger partial charge < -0.3 is 4.74 Å². The minimum atomic E-state index is -1.04. The Bertz CT molecular complexity index is 1460. The molecule has 0 spiro atoms. The SMILES string of the molecule is O=C(Oc1cccc(/C=C2\SC(=O)N(Cc3ccc(I)cc3)C2=O)c1)c1cc([N+](=O)[O-])cc([N+](=O)[O-])c1. The zero-order valence-corrected chi connectivity index (χ0v) is 21.5. The number of esters is 1. The molecule has 1 aliphatic heterocycles. The van der Waals surface area contributed by atoms with Crippen molar-refractivity contribution in [2.45, 2.75) is 6.54 Å². The number of thioether (sulfide) groups is 1. The Kier molecular flexibility index (Phi) is 7.63. The van der Waals surface area contributed by atoms with Gasteiger partial charge in [-0.1, -0.05) is 24.3 Å². The second-order valence-corrected chi connectivity index (χ2v) is 9.85. The molecule has 0 aliphatic carbocycles. The topological polar surface area (TPSA) is 150 Å². The first-order chi connectivity index (χ1) is 17.6. The van der Waals surface area contributed by atoms with Gasteiger partial charge in [0.1, 0.15) is 5.75 Å². The number of imide groups is 1. The maximum atomic E-state index is 12.8. The summed E-state index contributed by atoms with van der Waals surface area (Å²) in [7, 11) is 0. The van der Waals surface area contributed by atoms with Gasteiger partial charge in [0, 0.05) is 15.7 Å². The molecule has 1 aliphatic rings. The Hall–Kier alpha value is -4.11. The molecule has 13 heteroatoms. The van der Waals surface area contributed by atoms with Crippen molar-refractivity contribution in [1.82, 2.24) is 4.90 Å². The maximum Gasteiger partial charge on any atom is 0.344 e. The van der Waals surface area contributed by atoms with Crippen molar-refractivity contribution >= 4 is 68.9 Å². The number of benzene rings is 3. The third kappa shape index (κ3) is 6.18. The van der Waals surface area contributed by atoms with Crippen LogP contribution in [-0.4, -0.2) is 31.9 Å². The third-order valence-electron chi connectivity index (χ3n) is 5.05. The van der Waals surface area contributed by atoms with Crippen LogP contribution >= 0.6 is 34.4 Å². The van der Waals surface area contributed by atoms with E-state index in [-0.39, 0.29) is 22.8 Å². The molecule has 0 bridgehead atoms. The van der Waals surface area contributed by atoms with Gasteiger partial charge in [-0.3, -0.25) is 34.7 Å². The van der Waals surface area contributed by atoms with Crippen molar-refractivity contribution in [3.05, 3.63) is 112 Å². The van der Waals surface area contributed by atoms with Gasteiger partial charge in [0.15, 0.2) is 0 Å². The molecule has 0 N–H and O–H groups in total. The quantitative estimate of drug-likeness (QED) is 0.0815. The van der Waals surface area contributed by atoms with Gasteiger partial charge in [-0.25, -0.2) is 4.79 Å². The van der Waals surface area contributed by atoms with Crippen LogP contribution in [0.3, 0.4) is 0 Å². The molecule has 1 fully saturated rings. The molecule has 11 nitrogen and oxygen atoms in total. The van der Waals surface area contributed by atoms with E-state index >= 15 is 0 Å². The monoisotopic (exact) mass is 631 g/mol. The van der Waals surface area contributed by atoms with E-state index in [0.29, 0.717) is 5.56 Å². The van der Waals surface area contributed by atoms with Crippen molar-refractivity contribution in [1.29, 1.82) is 0 Å². The molecular formula is C24H14IN3O8S. The summed E-state index contributed by atoms with van der Waals surface area (Å²) in [5.74, 6) is -1.47. The summed E-state index contributed by atoms with van der Waals surface area (Å²) in [6.45, 7) is 0.131. The Morgan fingerprint density at radius 3 is 2.24 bits per heavy atom. The fraction of sp³-hybridized carbons (Fsp3) is 0.0417. The van der Waals surface area contributed by atoms with Crippen molar-refractivity contribution in [2.24, 2.45) is 0 Å². The van der Waals surface area contributed by atoms with Crippen molar-refractivity contribution in [3.8, 4) is 5.75 Å². The van der Waals surface area contributed by atoms with Gasteiger partial charge in [-0.2, -0.15) is 0 Å². The highest BCUT2D eigenvalue weighted by Crippen LogP contribution is 2.34. The summed E-state index contributed by atoms with van der Waals surface area (Å²) in [6.07, 6.45) is 1.48. The number of carbonyl (C=O) groups is 3. The Morgan fingerprint density at radius 1 is 0.973 bits per heavy atom. The number of halogens is 1. The Morgan fingerprint density at radius 2 is 1.62 bits per heavy atom. The molecule has 37 heavy (non-hydrogen) atoms. The molecule has 0 atom stereocenters. The largest absolute Gasteiger partial charge is 0.423 e. The number of ether oxygens (including phenoxy) is 1. The highest BCUT2D eigenvalue weighted by molar-refractivity contribution is 14.1. The number of nitro benzene ring substituents is 2. The molecule has 186 valence electrons. The first kappa shape index (κ1) is 26.0. The molecule has 0 radical (unpaired) electrons. The highest BCUT2D eigenvalue weighted by Gasteiger charge is 2.35. The zero-order chi connectivity index (χ0) is 26.7. The summed E-state index contributed by atoms with van der Waals surface area (Å²) < 4.78 is 6.28. The molecule has 0 unspecified atom stereocenters. The fourth-order valence-electron chi connectivity index (χ4n) is 3.32. The van der Waals surface area contributed by atoms with E-state index in [9.17, 15) is 34.6 Å². The predicted molar refractivity (Wildman–Crippen MR) is 142 cm³/mol. The van der Waals surface area contributed by atoms with E-state index in [0.717, 1.165) is 44.0 Å². The van der Waals surface area contributed by atoms with E-state index in [2.05, 4.69) is 22.6 Å². The lowest BCUT2D eigenvalue weighted by Gasteiger charge is -2.12. The van der Waals surface area contributed by atoms with Gasteiger partial charge >= 0.3 is 5.97 Å². The van der Waals surface area contributed by atoms with Crippen LogP contribution in [0.4, 0.5) is 16.2 Å². The lowest BCUT2D eigenvalue weighted by atomic mass is 10.1. The molecule has 2 amide bonds. The summed E-state index contributed by atoms with van der Waals surface area (Å²) in [4.78, 5) is 59.6. The van der Waals surface area contributed by atoms with Crippen LogP contribution in [0.5, 0.6) is 5.75 Å². The van der Waals surface area contributed by atoms with Crippen molar-refractivity contribution in [3.63, 3.8) is 0 Å². The number of nitro groups is 2. The van der Waals surface area contributed by atoms with Crippen LogP contribution in [0.15, 0.2) is 71.6 Å². The Balaban J connectivity index is 1.52. The van der Waals surface area contributed by atoms with E-state index < -0.39 is 38.3 Å². The first-order valence-electron chi connectivity index (χ1n) is 10.4. The molecule has 3 aromatic carbocycles. The number of carbonyl (C=O) groups excluding carboxylic acids is 3. The predicted octanol–water partition coefficient (Wildman–Crippen LogP) is 5.56. The van der Waals surface area contributed by atoms with E-state index in [1.807, 2.05) is 24.3 Å². The first-order valence-corrected chi connectivity index (χ1v) is 12.3. The number of non-ortho nitro benzene ring substituents is 2. The zero-order valence-electron chi connectivity index (χ0n) is 18.5. The van der Waals surface area contributed by atoms with Crippen LogP contribution in [0.1, 0.15) is 21.5 Å². The van der Waals surface area contributed by atoms with Crippen LogP contribution in [0, 0.1) is 23.8 Å². The van der Waals surface area contributed by atoms with E-state index in [1.165, 1.54) is 18.2 Å². The van der Waals surface area contributed by atoms with Gasteiger partial charge in [-0.05, 0) is 75.8 Å². The normalized spacial score (nSPS) is 14.2. The molecule has 4 rings (SSSR count). The minimum absolute atomic E-state index is 0.0334. The van der Waals surface area contributed by atoms with Gasteiger partial charge in [0.25, 0.3) is 22.5 Å². The summed E-state index contributed by atoms with van der Waals surface area (Å²) in [6, 6.07) is 16.0. The molecule has 0 saturated carbocycles. The van der Waals surface area contributed by atoms with Crippen LogP contribution in [0.2, 0.25) is 0 Å². The summed E-state index contributed by atoms with van der Waals surface area (Å²) in [5, 5.41) is 21.7. The summed E-state index contributed by atoms with van der Waals surface area (Å²) in [5.41, 5.74) is -0.371. The second kappa shape index (κ2) is 10.9. The smallest absolute Gasteiger partial charge is 0.344 e. The number of amides is 2. The summed E-state index contributed by atoms with van der Waals surface area (Å²) >= 11 is 2.95. The number of rotatable bonds is 7. The minimum Gasteiger partial charge on any atom is -0.423 e. The van der Waals surface area contributed by atoms with Crippen LogP contribution in [-0.2, 0) is 11.3 Å². The lowest BCUT2D eigenvalue weighted by Crippen LogP contribution is -2.27. The second-order valence-electron chi connectivity index (χ2n) is 7.61. The Labute approximate surface area is 226 Å². The van der Waals surface area contributed by atoms with Crippen LogP contribution < -0.4 is 4.74 Å². The number of nitrogens with zero attached hydrogens (tertiary/aromatic N) is 3. The van der Waals surface area contributed by atoms with Crippen molar-refractivity contribution in [2.75, 3.05) is 0 Å². The molecule has 1 saturated heterocycles. The third-order valence-corrected chi connectivity index (χ3v) is 6.68. The average Bonchev–Trinajstić information content (AvgIpc) is 3.12. The van der Waals surface area contributed by atoms with Crippen LogP contribution in [0.25, 0.3) is 6.08 Å². The molecule has 1 heterocycles. The molecule has 3 aromatic rings. The average molecular weight is 631 g/mol. The standard InChI is InChI=1S/C24H14IN3O8S/c25-17-6-4-14(5-7-17)13-26-22(29)21(37-24(26)31)9-15-2-1-3-20(8-15)36-23(30)16-10-18(27(32)33)12-19(11-16)28(34)35/h1-12H,13H2/b21-9-. The molecule has 0 aromatic heterocycles. The van der Waals surface area contributed by atoms with Gasteiger partial charge in [0.2, 0.25) is 0 Å². The lowest BCUT2D eigenvalue weighted by molar-refractivity contribution is -0.394. The van der Waals surface area contributed by atoms with Gasteiger partial charge in [-0.15, -0.1) is 0 Å². The fourth-order valence-corrected chi connectivity index (χ4v) is 4.52. The number of hydrogen-bond acceptors (Lipinski definition) is 9.